The van der Waals surface area contributed by atoms with Gasteiger partial charge in [0.1, 0.15) is 5.75 Å². The summed E-state index contributed by atoms with van der Waals surface area (Å²) in [7, 11) is -3.47. The lowest BCUT2D eigenvalue weighted by molar-refractivity contribution is 0.314. The zero-order chi connectivity index (χ0) is 15.5. The van der Waals surface area contributed by atoms with Crippen molar-refractivity contribution < 1.29 is 13.2 Å². The third-order valence-corrected chi connectivity index (χ3v) is 5.26. The third kappa shape index (κ3) is 4.18. The Kier molecular flexibility index (Phi) is 5.24. The van der Waals surface area contributed by atoms with Gasteiger partial charge in [0.25, 0.3) is 0 Å². The second-order valence-corrected chi connectivity index (χ2v) is 7.41. The predicted molar refractivity (Wildman–Crippen MR) is 82.6 cm³/mol. The minimum absolute atomic E-state index is 0.250. The minimum Gasteiger partial charge on any atom is -0.493 e. The van der Waals surface area contributed by atoms with Crippen LogP contribution in [-0.4, -0.2) is 21.6 Å². The van der Waals surface area contributed by atoms with Gasteiger partial charge in [-0.3, -0.25) is 0 Å². The van der Waals surface area contributed by atoms with E-state index in [2.05, 4.69) is 11.6 Å². The highest BCUT2D eigenvalue weighted by Crippen LogP contribution is 2.37. The van der Waals surface area contributed by atoms with Gasteiger partial charge in [0.15, 0.2) is 0 Å². The number of nitrogens with one attached hydrogen (secondary N) is 1. The van der Waals surface area contributed by atoms with E-state index in [1.807, 2.05) is 6.92 Å². The summed E-state index contributed by atoms with van der Waals surface area (Å²) in [6.07, 6.45) is 1.99. The van der Waals surface area contributed by atoms with Crippen LogP contribution < -0.4 is 15.2 Å². The number of sulfonamides is 1. The van der Waals surface area contributed by atoms with Crippen LogP contribution in [0.25, 0.3) is 0 Å². The summed E-state index contributed by atoms with van der Waals surface area (Å²) in [5.74, 6) is 1.76. The van der Waals surface area contributed by atoms with Crippen molar-refractivity contribution in [1.82, 2.24) is 4.72 Å². The molecule has 1 fully saturated rings. The number of hydrogen-bond acceptors (Lipinski definition) is 4. The number of benzene rings is 1. The third-order valence-electron chi connectivity index (χ3n) is 3.84. The van der Waals surface area contributed by atoms with Crippen molar-refractivity contribution in [2.75, 3.05) is 13.2 Å². The molecule has 0 radical (unpaired) electrons. The van der Waals surface area contributed by atoms with Crippen LogP contribution in [0.5, 0.6) is 5.75 Å². The monoisotopic (exact) mass is 312 g/mol. The normalized spacial score (nSPS) is 21.3. The molecule has 6 heteroatoms. The van der Waals surface area contributed by atoms with Gasteiger partial charge in [-0.2, -0.15) is 0 Å². The molecule has 21 heavy (non-hydrogen) atoms. The quantitative estimate of drug-likeness (QED) is 0.768. The summed E-state index contributed by atoms with van der Waals surface area (Å²) in [4.78, 5) is 0.250. The smallest absolute Gasteiger partial charge is 0.240 e. The van der Waals surface area contributed by atoms with E-state index in [0.29, 0.717) is 36.3 Å². The zero-order valence-electron chi connectivity index (χ0n) is 12.6. The Morgan fingerprint density at radius 2 is 2.14 bits per heavy atom. The SMILES string of the molecule is CCCOc1ccc(S(=O)(=O)NCC2CC2C)cc1CN. The van der Waals surface area contributed by atoms with Crippen LogP contribution in [0.15, 0.2) is 23.1 Å². The predicted octanol–water partition coefficient (Wildman–Crippen LogP) is 1.87. The molecule has 1 aliphatic rings. The molecule has 0 heterocycles. The first-order valence-corrected chi connectivity index (χ1v) is 8.91. The zero-order valence-corrected chi connectivity index (χ0v) is 13.4. The van der Waals surface area contributed by atoms with Gasteiger partial charge in [-0.15, -0.1) is 0 Å². The molecule has 1 aliphatic carbocycles. The fourth-order valence-electron chi connectivity index (χ4n) is 2.22. The van der Waals surface area contributed by atoms with Crippen LogP contribution in [-0.2, 0) is 16.6 Å². The van der Waals surface area contributed by atoms with E-state index in [-0.39, 0.29) is 11.4 Å². The largest absolute Gasteiger partial charge is 0.493 e. The van der Waals surface area contributed by atoms with Gasteiger partial charge in [0, 0.05) is 18.7 Å². The summed E-state index contributed by atoms with van der Waals surface area (Å²) in [5, 5.41) is 0. The number of ether oxygens (including phenoxy) is 1. The van der Waals surface area contributed by atoms with E-state index in [1.165, 1.54) is 0 Å². The average molecular weight is 312 g/mol. The fraction of sp³-hybridized carbons (Fsp3) is 0.600. The van der Waals surface area contributed by atoms with Crippen LogP contribution in [0, 0.1) is 11.8 Å². The second-order valence-electron chi connectivity index (χ2n) is 5.65. The molecule has 1 aromatic rings. The maximum Gasteiger partial charge on any atom is 0.240 e. The van der Waals surface area contributed by atoms with Gasteiger partial charge in [-0.05, 0) is 42.9 Å². The molecule has 1 saturated carbocycles. The molecule has 1 aromatic carbocycles. The lowest BCUT2D eigenvalue weighted by Gasteiger charge is -2.12. The van der Waals surface area contributed by atoms with Crippen LogP contribution >= 0.6 is 0 Å². The molecule has 0 aliphatic heterocycles. The highest BCUT2D eigenvalue weighted by molar-refractivity contribution is 7.89. The summed E-state index contributed by atoms with van der Waals surface area (Å²) >= 11 is 0. The Hall–Kier alpha value is -1.11. The van der Waals surface area contributed by atoms with Gasteiger partial charge in [-0.1, -0.05) is 13.8 Å². The van der Waals surface area contributed by atoms with E-state index in [9.17, 15) is 8.42 Å². The van der Waals surface area contributed by atoms with Crippen LogP contribution in [0.1, 0.15) is 32.3 Å². The number of hydrogen-bond donors (Lipinski definition) is 2. The van der Waals surface area contributed by atoms with Crippen molar-refractivity contribution in [2.45, 2.75) is 38.1 Å². The number of rotatable bonds is 8. The van der Waals surface area contributed by atoms with Crippen molar-refractivity contribution in [3.63, 3.8) is 0 Å². The highest BCUT2D eigenvalue weighted by Gasteiger charge is 2.33. The molecule has 3 N–H and O–H groups in total. The van der Waals surface area contributed by atoms with Gasteiger partial charge in [0.05, 0.1) is 11.5 Å². The fourth-order valence-corrected chi connectivity index (χ4v) is 3.36. The lowest BCUT2D eigenvalue weighted by atomic mass is 10.2. The Morgan fingerprint density at radius 1 is 1.43 bits per heavy atom. The maximum atomic E-state index is 12.3. The summed E-state index contributed by atoms with van der Waals surface area (Å²) in [5.41, 5.74) is 6.40. The Balaban J connectivity index is 2.11. The van der Waals surface area contributed by atoms with Gasteiger partial charge in [0.2, 0.25) is 10.0 Å². The second kappa shape index (κ2) is 6.77. The van der Waals surface area contributed by atoms with Crippen LogP contribution in [0.2, 0.25) is 0 Å². The maximum absolute atomic E-state index is 12.3. The average Bonchev–Trinajstić information content (AvgIpc) is 3.18. The highest BCUT2D eigenvalue weighted by atomic mass is 32.2. The summed E-state index contributed by atoms with van der Waals surface area (Å²) in [6, 6.07) is 4.86. The number of nitrogens with two attached hydrogens (primary N) is 1. The van der Waals surface area contributed by atoms with Gasteiger partial charge in [-0.25, -0.2) is 13.1 Å². The molecule has 2 rings (SSSR count). The Bertz CT molecular complexity index is 587. The lowest BCUT2D eigenvalue weighted by Crippen LogP contribution is -2.26. The van der Waals surface area contributed by atoms with Crippen molar-refractivity contribution in [2.24, 2.45) is 17.6 Å². The molecule has 0 spiro atoms. The first-order chi connectivity index (χ1) is 9.97. The molecule has 2 unspecified atom stereocenters. The van der Waals surface area contributed by atoms with E-state index in [1.54, 1.807) is 18.2 Å². The van der Waals surface area contributed by atoms with Crippen molar-refractivity contribution in [3.8, 4) is 5.75 Å². The molecule has 5 nitrogen and oxygen atoms in total. The van der Waals surface area contributed by atoms with E-state index >= 15 is 0 Å². The van der Waals surface area contributed by atoms with Crippen molar-refractivity contribution in [3.05, 3.63) is 23.8 Å². The Morgan fingerprint density at radius 3 is 2.71 bits per heavy atom. The minimum atomic E-state index is -3.47. The topological polar surface area (TPSA) is 81.4 Å². The van der Waals surface area contributed by atoms with E-state index < -0.39 is 10.0 Å². The molecule has 2 atom stereocenters. The van der Waals surface area contributed by atoms with Crippen molar-refractivity contribution in [1.29, 1.82) is 0 Å². The standard InChI is InChI=1S/C15H24N2O3S/c1-3-6-20-15-5-4-14(8-12(15)9-16)21(18,19)17-10-13-7-11(13)2/h4-5,8,11,13,17H,3,6-7,9-10,16H2,1-2H3. The van der Waals surface area contributed by atoms with Crippen LogP contribution in [0.3, 0.4) is 0 Å². The van der Waals surface area contributed by atoms with Crippen LogP contribution in [0.4, 0.5) is 0 Å². The van der Waals surface area contributed by atoms with E-state index in [0.717, 1.165) is 12.8 Å². The van der Waals surface area contributed by atoms with Crippen molar-refractivity contribution >= 4 is 10.0 Å². The summed E-state index contributed by atoms with van der Waals surface area (Å²) in [6.45, 7) is 5.50. The summed E-state index contributed by atoms with van der Waals surface area (Å²) < 4.78 is 32.8. The molecule has 0 bridgehead atoms. The molecule has 0 saturated heterocycles. The van der Waals surface area contributed by atoms with Gasteiger partial charge >= 0.3 is 0 Å². The first kappa shape index (κ1) is 16.3. The molecular weight excluding hydrogens is 288 g/mol. The van der Waals surface area contributed by atoms with Gasteiger partial charge < -0.3 is 10.5 Å². The molecule has 118 valence electrons. The molecular formula is C15H24N2O3S. The van der Waals surface area contributed by atoms with E-state index in [4.69, 9.17) is 10.5 Å². The first-order valence-electron chi connectivity index (χ1n) is 7.43. The molecule has 0 aromatic heterocycles. The molecule has 0 amide bonds. The Labute approximate surface area is 126 Å².